The van der Waals surface area contributed by atoms with Gasteiger partial charge in [0.25, 0.3) is 0 Å². The Bertz CT molecular complexity index is 926. The van der Waals surface area contributed by atoms with Gasteiger partial charge in [-0.1, -0.05) is 45.6 Å². The van der Waals surface area contributed by atoms with E-state index >= 15 is 0 Å². The lowest BCUT2D eigenvalue weighted by atomic mass is 10.1. The third-order valence-corrected chi connectivity index (χ3v) is 4.15. The normalized spacial score (nSPS) is 10.6. The number of ether oxygens (including phenoxy) is 3. The van der Waals surface area contributed by atoms with E-state index in [4.69, 9.17) is 18.6 Å². The molecule has 0 amide bonds. The van der Waals surface area contributed by atoms with E-state index in [-0.39, 0.29) is 29.3 Å². The van der Waals surface area contributed by atoms with Crippen LogP contribution in [0.25, 0.3) is 11.0 Å². The first kappa shape index (κ1) is 22.2. The molecule has 2 aromatic rings. The molecule has 0 aliphatic carbocycles. The Morgan fingerprint density at radius 3 is 2.41 bits per heavy atom. The molecule has 0 N–H and O–H groups in total. The molecule has 1 heterocycles. The van der Waals surface area contributed by atoms with Crippen LogP contribution in [0.1, 0.15) is 52.4 Å². The summed E-state index contributed by atoms with van der Waals surface area (Å²) in [5.74, 6) is -0.793. The Kier molecular flexibility index (Phi) is 8.45. The van der Waals surface area contributed by atoms with E-state index < -0.39 is 17.8 Å². The Morgan fingerprint density at radius 1 is 1.00 bits per heavy atom. The van der Waals surface area contributed by atoms with E-state index in [0.29, 0.717) is 5.39 Å². The fourth-order valence-electron chi connectivity index (χ4n) is 2.58. The largest absolute Gasteiger partial charge is 0.513 e. The summed E-state index contributed by atoms with van der Waals surface area (Å²) in [5, 5.41) is 0.499. The third-order valence-electron chi connectivity index (χ3n) is 4.15. The van der Waals surface area contributed by atoms with Gasteiger partial charge in [0.15, 0.2) is 11.5 Å². The lowest BCUT2D eigenvalue weighted by molar-refractivity contribution is -0.130. The van der Waals surface area contributed by atoms with Crippen LogP contribution < -0.4 is 15.1 Å². The van der Waals surface area contributed by atoms with E-state index in [0.717, 1.165) is 19.3 Å². The van der Waals surface area contributed by atoms with Gasteiger partial charge in [-0.15, -0.1) is 0 Å². The monoisotopic (exact) mass is 402 g/mol. The summed E-state index contributed by atoms with van der Waals surface area (Å²) in [6.45, 7) is 7.40. The summed E-state index contributed by atoms with van der Waals surface area (Å²) in [4.78, 5) is 35.3. The predicted molar refractivity (Wildman–Crippen MR) is 108 cm³/mol. The van der Waals surface area contributed by atoms with Crippen molar-refractivity contribution in [3.63, 3.8) is 0 Å². The molecule has 0 fully saturated rings. The highest BCUT2D eigenvalue weighted by Crippen LogP contribution is 2.33. The molecule has 0 spiro atoms. The van der Waals surface area contributed by atoms with Crippen molar-refractivity contribution in [1.82, 2.24) is 0 Å². The number of esters is 1. The van der Waals surface area contributed by atoms with Crippen molar-refractivity contribution in [2.24, 2.45) is 0 Å². The summed E-state index contributed by atoms with van der Waals surface area (Å²) in [5.41, 5.74) is -0.201. The van der Waals surface area contributed by atoms with Crippen LogP contribution in [0.3, 0.4) is 0 Å². The van der Waals surface area contributed by atoms with Gasteiger partial charge in [-0.3, -0.25) is 0 Å². The van der Waals surface area contributed by atoms with Crippen LogP contribution in [-0.2, 0) is 9.53 Å². The molecule has 0 aliphatic heterocycles. The second kappa shape index (κ2) is 11.0. The van der Waals surface area contributed by atoms with Crippen LogP contribution >= 0.6 is 0 Å². The molecule has 0 saturated carbocycles. The topological polar surface area (TPSA) is 92.0 Å². The van der Waals surface area contributed by atoms with Crippen LogP contribution in [0, 0.1) is 0 Å². The SMILES string of the molecule is C=C(C)C(=O)Oc1cc2oc(=O)ccc2cc1OC(=O)OCCCCCCCC. The quantitative estimate of drug-likeness (QED) is 0.135. The summed E-state index contributed by atoms with van der Waals surface area (Å²) in [7, 11) is 0. The Morgan fingerprint density at radius 2 is 1.69 bits per heavy atom. The fourth-order valence-corrected chi connectivity index (χ4v) is 2.58. The zero-order valence-electron chi connectivity index (χ0n) is 16.8. The highest BCUT2D eigenvalue weighted by molar-refractivity contribution is 5.90. The molecule has 0 aliphatic rings. The second-order valence-corrected chi connectivity index (χ2v) is 6.73. The standard InChI is InChI=1S/C22H26O7/c1-4-5-6-7-8-9-12-26-22(25)29-18-13-16-10-11-20(23)27-17(16)14-19(18)28-21(24)15(2)3/h10-11,13-14H,2,4-9,12H2,1,3H3. The van der Waals surface area contributed by atoms with Gasteiger partial charge >= 0.3 is 17.8 Å². The minimum atomic E-state index is -0.900. The molecule has 0 atom stereocenters. The van der Waals surface area contributed by atoms with Gasteiger partial charge < -0.3 is 18.6 Å². The minimum Gasteiger partial charge on any atom is -0.434 e. The summed E-state index contributed by atoms with van der Waals surface area (Å²) in [6.07, 6.45) is 5.48. The molecule has 1 aromatic heterocycles. The summed E-state index contributed by atoms with van der Waals surface area (Å²) in [6, 6.07) is 5.50. The first-order valence-corrected chi connectivity index (χ1v) is 9.71. The molecular weight excluding hydrogens is 376 g/mol. The number of fused-ring (bicyclic) bond motifs is 1. The third kappa shape index (κ3) is 7.10. The number of rotatable bonds is 10. The van der Waals surface area contributed by atoms with Crippen molar-refractivity contribution in [3.05, 3.63) is 46.8 Å². The maximum Gasteiger partial charge on any atom is 0.513 e. The molecule has 0 radical (unpaired) electrons. The molecule has 2 rings (SSSR count). The lowest BCUT2D eigenvalue weighted by Gasteiger charge is -2.11. The molecule has 1 aromatic carbocycles. The maximum absolute atomic E-state index is 12.0. The average molecular weight is 402 g/mol. The van der Waals surface area contributed by atoms with Gasteiger partial charge in [0, 0.05) is 23.1 Å². The van der Waals surface area contributed by atoms with Crippen molar-refractivity contribution < 1.29 is 28.2 Å². The van der Waals surface area contributed by atoms with Crippen molar-refractivity contribution >= 4 is 23.1 Å². The molecular formula is C22H26O7. The van der Waals surface area contributed by atoms with Crippen molar-refractivity contribution in [1.29, 1.82) is 0 Å². The van der Waals surface area contributed by atoms with Crippen molar-refractivity contribution in [2.75, 3.05) is 6.61 Å². The summed E-state index contributed by atoms with van der Waals surface area (Å²) >= 11 is 0. The molecule has 7 nitrogen and oxygen atoms in total. The second-order valence-electron chi connectivity index (χ2n) is 6.73. The zero-order chi connectivity index (χ0) is 21.2. The van der Waals surface area contributed by atoms with E-state index in [1.165, 1.54) is 50.5 Å². The van der Waals surface area contributed by atoms with Crippen LogP contribution in [0.2, 0.25) is 0 Å². The lowest BCUT2D eigenvalue weighted by Crippen LogP contribution is -2.14. The highest BCUT2D eigenvalue weighted by Gasteiger charge is 2.17. The first-order valence-electron chi connectivity index (χ1n) is 9.71. The van der Waals surface area contributed by atoms with E-state index in [1.807, 2.05) is 0 Å². The fraction of sp³-hybridized carbons (Fsp3) is 0.409. The van der Waals surface area contributed by atoms with Crippen LogP contribution in [0.15, 0.2) is 45.6 Å². The summed E-state index contributed by atoms with van der Waals surface area (Å²) < 4.78 is 20.6. The van der Waals surface area contributed by atoms with E-state index in [2.05, 4.69) is 13.5 Å². The minimum absolute atomic E-state index is 0.0195. The predicted octanol–water partition coefficient (Wildman–Crippen LogP) is 5.15. The van der Waals surface area contributed by atoms with Crippen molar-refractivity contribution in [2.45, 2.75) is 52.4 Å². The average Bonchev–Trinajstić information content (AvgIpc) is 2.67. The van der Waals surface area contributed by atoms with E-state index in [1.54, 1.807) is 0 Å². The first-order chi connectivity index (χ1) is 13.9. The van der Waals surface area contributed by atoms with Gasteiger partial charge in [0.1, 0.15) is 5.58 Å². The van der Waals surface area contributed by atoms with Gasteiger partial charge in [-0.25, -0.2) is 14.4 Å². The number of carbonyl (C=O) groups is 2. The highest BCUT2D eigenvalue weighted by atomic mass is 16.7. The van der Waals surface area contributed by atoms with Crippen molar-refractivity contribution in [3.8, 4) is 11.5 Å². The van der Waals surface area contributed by atoms with Gasteiger partial charge in [-0.05, 0) is 25.5 Å². The molecule has 156 valence electrons. The van der Waals surface area contributed by atoms with E-state index in [9.17, 15) is 14.4 Å². The number of unbranched alkanes of at least 4 members (excludes halogenated alkanes) is 5. The van der Waals surface area contributed by atoms with Gasteiger partial charge in [0.05, 0.1) is 6.61 Å². The number of benzene rings is 1. The zero-order valence-corrected chi connectivity index (χ0v) is 16.8. The Balaban J connectivity index is 2.06. The van der Waals surface area contributed by atoms with Crippen LogP contribution in [-0.4, -0.2) is 18.7 Å². The molecule has 29 heavy (non-hydrogen) atoms. The van der Waals surface area contributed by atoms with Crippen LogP contribution in [0.4, 0.5) is 4.79 Å². The van der Waals surface area contributed by atoms with Gasteiger partial charge in [0.2, 0.25) is 0 Å². The molecule has 7 heteroatoms. The molecule has 0 saturated heterocycles. The number of carbonyl (C=O) groups excluding carboxylic acids is 2. The smallest absolute Gasteiger partial charge is 0.434 e. The number of hydrogen-bond acceptors (Lipinski definition) is 7. The molecule has 0 bridgehead atoms. The van der Waals surface area contributed by atoms with Gasteiger partial charge in [-0.2, -0.15) is 0 Å². The molecule has 0 unspecified atom stereocenters. The Hall–Kier alpha value is -3.09. The van der Waals surface area contributed by atoms with Crippen LogP contribution in [0.5, 0.6) is 11.5 Å². The maximum atomic E-state index is 12.0. The Labute approximate surface area is 169 Å². The number of hydrogen-bond donors (Lipinski definition) is 0.